The molecule has 1 saturated heterocycles. The van der Waals surface area contributed by atoms with E-state index in [4.69, 9.17) is 17.0 Å². The molecule has 2 aromatic rings. The number of carbonyl (C=O) groups is 2. The summed E-state index contributed by atoms with van der Waals surface area (Å²) in [6, 6.07) is 9.52. The molecule has 2 heterocycles. The van der Waals surface area contributed by atoms with Gasteiger partial charge in [-0.2, -0.15) is 5.26 Å². The number of pyridine rings is 1. The van der Waals surface area contributed by atoms with E-state index >= 15 is 0 Å². The molecule has 0 atom stereocenters. The smallest absolute Gasteiger partial charge is 0.271 e. The molecule has 1 fully saturated rings. The average Bonchev–Trinajstić information content (AvgIpc) is 3.06. The van der Waals surface area contributed by atoms with Crippen LogP contribution in [0, 0.1) is 25.2 Å². The molecule has 0 bridgehead atoms. The zero-order valence-electron chi connectivity index (χ0n) is 19.0. The van der Waals surface area contributed by atoms with Gasteiger partial charge in [0.2, 0.25) is 5.88 Å². The number of nitriles is 1. The number of ether oxygens (including phenoxy) is 1. The number of methoxy groups -OCH3 is 1. The van der Waals surface area contributed by atoms with Crippen molar-refractivity contribution < 1.29 is 19.4 Å². The molecule has 3 rings (SSSR count). The monoisotopic (exact) mass is 497 g/mol. The third-order valence-electron chi connectivity index (χ3n) is 5.41. The number of ketones is 1. The number of amides is 1. The highest BCUT2D eigenvalue weighted by atomic mass is 32.2. The Hall–Kier alpha value is -3.26. The lowest BCUT2D eigenvalue weighted by molar-refractivity contribution is -0.122. The number of aryl methyl sites for hydroxylation is 1. The van der Waals surface area contributed by atoms with Gasteiger partial charge in [0, 0.05) is 20.1 Å². The maximum Gasteiger partial charge on any atom is 0.271 e. The highest BCUT2D eigenvalue weighted by Crippen LogP contribution is 2.33. The Bertz CT molecular complexity index is 1290. The summed E-state index contributed by atoms with van der Waals surface area (Å²) in [4.78, 5) is 40.2. The fourth-order valence-corrected chi connectivity index (χ4v) is 4.83. The van der Waals surface area contributed by atoms with E-state index in [-0.39, 0.29) is 48.7 Å². The number of thioether (sulfide) groups is 1. The first kappa shape index (κ1) is 25.4. The number of hydrogen-bond donors (Lipinski definition) is 1. The molecule has 1 aliphatic rings. The minimum atomic E-state index is -0.690. The van der Waals surface area contributed by atoms with Crippen molar-refractivity contribution in [3.63, 3.8) is 0 Å². The van der Waals surface area contributed by atoms with Gasteiger partial charge in [0.05, 0.1) is 23.6 Å². The van der Waals surface area contributed by atoms with E-state index in [1.807, 2.05) is 37.3 Å². The number of benzene rings is 1. The van der Waals surface area contributed by atoms with Gasteiger partial charge in [0.1, 0.15) is 16.0 Å². The first-order valence-corrected chi connectivity index (χ1v) is 11.6. The molecule has 1 aliphatic heterocycles. The summed E-state index contributed by atoms with van der Waals surface area (Å²) in [5.41, 5.74) is 1.05. The normalized spacial score (nSPS) is 14.6. The summed E-state index contributed by atoms with van der Waals surface area (Å²) >= 11 is 6.50. The van der Waals surface area contributed by atoms with Crippen LogP contribution >= 0.6 is 24.0 Å². The van der Waals surface area contributed by atoms with Crippen LogP contribution in [0.25, 0.3) is 6.08 Å². The maximum absolute atomic E-state index is 13.0. The number of rotatable bonds is 8. The molecule has 8 nitrogen and oxygen atoms in total. The molecular formula is C24H23N3O5S2. The Balaban J connectivity index is 1.82. The van der Waals surface area contributed by atoms with Crippen molar-refractivity contribution in [3.05, 3.63) is 67.3 Å². The van der Waals surface area contributed by atoms with Gasteiger partial charge >= 0.3 is 0 Å². The number of nitrogens with zero attached hydrogens (tertiary/aromatic N) is 3. The predicted molar refractivity (Wildman–Crippen MR) is 134 cm³/mol. The second-order valence-electron chi connectivity index (χ2n) is 7.68. The minimum absolute atomic E-state index is 0.00665. The third-order valence-corrected chi connectivity index (χ3v) is 6.79. The van der Waals surface area contributed by atoms with Gasteiger partial charge < -0.3 is 9.84 Å². The molecule has 176 valence electrons. The van der Waals surface area contributed by atoms with Crippen molar-refractivity contribution >= 4 is 46.1 Å². The van der Waals surface area contributed by atoms with Crippen molar-refractivity contribution in [2.24, 2.45) is 0 Å². The van der Waals surface area contributed by atoms with E-state index in [2.05, 4.69) is 0 Å². The molecule has 1 amide bonds. The molecular weight excluding hydrogens is 474 g/mol. The van der Waals surface area contributed by atoms with E-state index in [0.717, 1.165) is 27.5 Å². The van der Waals surface area contributed by atoms with Gasteiger partial charge in [0.15, 0.2) is 5.78 Å². The number of Topliss-reactive ketones (excluding diaryl/α,β-unsaturated/α-hetero) is 1. The van der Waals surface area contributed by atoms with Crippen molar-refractivity contribution in [3.8, 4) is 11.9 Å². The summed E-state index contributed by atoms with van der Waals surface area (Å²) in [6.45, 7) is 3.51. The van der Waals surface area contributed by atoms with Crippen molar-refractivity contribution in [2.75, 3.05) is 20.3 Å². The zero-order valence-corrected chi connectivity index (χ0v) is 20.6. The predicted octanol–water partition coefficient (Wildman–Crippen LogP) is 3.16. The number of aromatic hydroxyl groups is 1. The SMILES string of the molecule is COCCn1c(O)c(C(=O)CCN2C(=O)/C(=C/c3ccc(C)cc3)SC2=S)c(C)c(C#N)c1=O. The summed E-state index contributed by atoms with van der Waals surface area (Å²) < 4.78 is 6.24. The fourth-order valence-electron chi connectivity index (χ4n) is 3.52. The number of hydrogen-bond acceptors (Lipinski definition) is 8. The summed E-state index contributed by atoms with van der Waals surface area (Å²) in [6.07, 6.45) is 1.60. The van der Waals surface area contributed by atoms with E-state index < -0.39 is 17.2 Å². The van der Waals surface area contributed by atoms with Crippen LogP contribution in [-0.4, -0.2) is 50.8 Å². The lowest BCUT2D eigenvalue weighted by atomic mass is 10.00. The second-order valence-corrected chi connectivity index (χ2v) is 9.35. The zero-order chi connectivity index (χ0) is 25.0. The lowest BCUT2D eigenvalue weighted by Crippen LogP contribution is -2.31. The topological polar surface area (TPSA) is 113 Å². The third kappa shape index (κ3) is 5.12. The van der Waals surface area contributed by atoms with Crippen LogP contribution in [0.3, 0.4) is 0 Å². The van der Waals surface area contributed by atoms with Gasteiger partial charge in [-0.1, -0.05) is 53.8 Å². The molecule has 0 unspecified atom stereocenters. The molecule has 1 N–H and O–H groups in total. The van der Waals surface area contributed by atoms with Gasteiger partial charge in [0.25, 0.3) is 11.5 Å². The summed E-state index contributed by atoms with van der Waals surface area (Å²) in [5.74, 6) is -1.32. The summed E-state index contributed by atoms with van der Waals surface area (Å²) in [5, 5.41) is 20.1. The first-order valence-electron chi connectivity index (χ1n) is 10.4. The average molecular weight is 498 g/mol. The van der Waals surface area contributed by atoms with Crippen LogP contribution in [0.1, 0.15) is 39.0 Å². The lowest BCUT2D eigenvalue weighted by Gasteiger charge is -2.17. The number of aromatic nitrogens is 1. The van der Waals surface area contributed by atoms with Crippen molar-refractivity contribution in [1.29, 1.82) is 5.26 Å². The quantitative estimate of drug-likeness (QED) is 0.336. The molecule has 10 heteroatoms. The largest absolute Gasteiger partial charge is 0.494 e. The Morgan fingerprint density at radius 1 is 1.24 bits per heavy atom. The van der Waals surface area contributed by atoms with E-state index in [9.17, 15) is 24.8 Å². The first-order chi connectivity index (χ1) is 16.2. The Labute approximate surface area is 206 Å². The molecule has 0 aliphatic carbocycles. The minimum Gasteiger partial charge on any atom is -0.494 e. The molecule has 34 heavy (non-hydrogen) atoms. The Kier molecular flexibility index (Phi) is 8.04. The van der Waals surface area contributed by atoms with Crippen molar-refractivity contribution in [2.45, 2.75) is 26.8 Å². The molecule has 0 spiro atoms. The Morgan fingerprint density at radius 3 is 2.53 bits per heavy atom. The van der Waals surface area contributed by atoms with Crippen molar-refractivity contribution in [1.82, 2.24) is 9.47 Å². The second kappa shape index (κ2) is 10.8. The van der Waals surface area contributed by atoms with E-state index in [1.165, 1.54) is 18.9 Å². The molecule has 0 radical (unpaired) electrons. The Morgan fingerprint density at radius 2 is 1.91 bits per heavy atom. The fraction of sp³-hybridized carbons (Fsp3) is 0.292. The van der Waals surface area contributed by atoms with E-state index in [1.54, 1.807) is 6.08 Å². The van der Waals surface area contributed by atoms with Gasteiger partial charge in [-0.3, -0.25) is 23.9 Å². The highest BCUT2D eigenvalue weighted by Gasteiger charge is 2.33. The number of thiocarbonyl (C=S) groups is 1. The van der Waals surface area contributed by atoms with Crippen LogP contribution in [0.5, 0.6) is 5.88 Å². The highest BCUT2D eigenvalue weighted by molar-refractivity contribution is 8.26. The van der Waals surface area contributed by atoms with Crippen LogP contribution in [-0.2, 0) is 16.1 Å². The number of carbonyl (C=O) groups excluding carboxylic acids is 2. The van der Waals surface area contributed by atoms with Crippen LogP contribution in [0.2, 0.25) is 0 Å². The molecule has 0 saturated carbocycles. The summed E-state index contributed by atoms with van der Waals surface area (Å²) in [7, 11) is 1.43. The van der Waals surface area contributed by atoms with Crippen LogP contribution in [0.4, 0.5) is 0 Å². The van der Waals surface area contributed by atoms with Gasteiger partial charge in [-0.05, 0) is 31.1 Å². The van der Waals surface area contributed by atoms with E-state index in [0.29, 0.717) is 9.23 Å². The van der Waals surface area contributed by atoms with Crippen LogP contribution in [0.15, 0.2) is 34.0 Å². The molecule has 1 aromatic heterocycles. The van der Waals surface area contributed by atoms with Gasteiger partial charge in [-0.15, -0.1) is 0 Å². The maximum atomic E-state index is 13.0. The van der Waals surface area contributed by atoms with Crippen LogP contribution < -0.4 is 5.56 Å². The van der Waals surface area contributed by atoms with Gasteiger partial charge in [-0.25, -0.2) is 0 Å². The molecule has 1 aromatic carbocycles. The standard InChI is InChI=1S/C24H23N3O5S2/c1-14-4-6-16(7-5-14)12-19-22(30)27(24(33)34-19)9-8-18(28)20-15(2)17(13-25)21(29)26(23(20)31)10-11-32-3/h4-7,12,31H,8-11H2,1-3H3/b19-12-.